The van der Waals surface area contributed by atoms with Gasteiger partial charge in [-0.1, -0.05) is 31.2 Å². The molecule has 0 aliphatic carbocycles. The summed E-state index contributed by atoms with van der Waals surface area (Å²) in [6.07, 6.45) is 4.41. The Morgan fingerprint density at radius 3 is 2.59 bits per heavy atom. The lowest BCUT2D eigenvalue weighted by atomic mass is 10.1. The first-order chi connectivity index (χ1) is 16.4. The van der Waals surface area contributed by atoms with E-state index in [-0.39, 0.29) is 5.91 Å². The van der Waals surface area contributed by atoms with Crippen molar-refractivity contribution in [2.75, 3.05) is 19.6 Å². The van der Waals surface area contributed by atoms with Crippen LogP contribution in [0.5, 0.6) is 0 Å². The number of nitrogens with zero attached hydrogens (tertiary/aromatic N) is 3. The van der Waals surface area contributed by atoms with Crippen molar-refractivity contribution in [2.24, 2.45) is 0 Å². The Morgan fingerprint density at radius 1 is 1.09 bits per heavy atom. The van der Waals surface area contributed by atoms with Gasteiger partial charge in [0.15, 0.2) is 0 Å². The van der Waals surface area contributed by atoms with Crippen LogP contribution >= 0.6 is 0 Å². The standard InChI is InChI=1S/C26H34N4O3S/c1-3-16-30-24-11-10-22(34(32,33)29-17-6-7-18-29)19-23(24)28-25(30)12-13-26(31)27-15-14-21-9-5-4-8-20(21)2/h4-5,8-11,19H,3,6-7,12-18H2,1-2H3,(H,27,31). The van der Waals surface area contributed by atoms with E-state index in [4.69, 9.17) is 4.98 Å². The molecule has 0 saturated carbocycles. The maximum atomic E-state index is 13.0. The minimum absolute atomic E-state index is 0.000916. The van der Waals surface area contributed by atoms with Gasteiger partial charge in [0, 0.05) is 39.0 Å². The number of nitrogens with one attached hydrogen (secondary N) is 1. The second-order valence-electron chi connectivity index (χ2n) is 8.97. The Morgan fingerprint density at radius 2 is 1.85 bits per heavy atom. The molecule has 7 nitrogen and oxygen atoms in total. The normalized spacial score (nSPS) is 14.6. The van der Waals surface area contributed by atoms with Gasteiger partial charge < -0.3 is 9.88 Å². The molecule has 2 aromatic carbocycles. The number of sulfonamides is 1. The quantitative estimate of drug-likeness (QED) is 0.476. The van der Waals surface area contributed by atoms with E-state index in [9.17, 15) is 13.2 Å². The minimum atomic E-state index is -3.49. The highest BCUT2D eigenvalue weighted by Gasteiger charge is 2.27. The lowest BCUT2D eigenvalue weighted by Crippen LogP contribution is -2.27. The topological polar surface area (TPSA) is 84.3 Å². The largest absolute Gasteiger partial charge is 0.356 e. The predicted molar refractivity (Wildman–Crippen MR) is 134 cm³/mol. The molecule has 3 aromatic rings. The number of carbonyl (C=O) groups is 1. The zero-order valence-corrected chi connectivity index (χ0v) is 20.9. The SMILES string of the molecule is CCCn1c(CCC(=O)NCCc2ccccc2C)nc2cc(S(=O)(=O)N3CCCC3)ccc21. The van der Waals surface area contributed by atoms with Gasteiger partial charge >= 0.3 is 0 Å². The van der Waals surface area contributed by atoms with Crippen LogP contribution in [0.1, 0.15) is 49.6 Å². The van der Waals surface area contributed by atoms with Crippen molar-refractivity contribution >= 4 is 27.0 Å². The van der Waals surface area contributed by atoms with Gasteiger partial charge in [0.1, 0.15) is 5.82 Å². The fourth-order valence-electron chi connectivity index (χ4n) is 4.60. The molecular formula is C26H34N4O3S. The fraction of sp³-hybridized carbons (Fsp3) is 0.462. The van der Waals surface area contributed by atoms with Crippen LogP contribution in [0, 0.1) is 6.92 Å². The highest BCUT2D eigenvalue weighted by Crippen LogP contribution is 2.25. The van der Waals surface area contributed by atoms with E-state index in [0.29, 0.717) is 42.9 Å². The molecule has 4 rings (SSSR count). The third-order valence-corrected chi connectivity index (χ3v) is 8.40. The molecule has 0 radical (unpaired) electrons. The molecule has 0 atom stereocenters. The summed E-state index contributed by atoms with van der Waals surface area (Å²) < 4.78 is 29.6. The van der Waals surface area contributed by atoms with E-state index < -0.39 is 10.0 Å². The zero-order chi connectivity index (χ0) is 24.1. The molecule has 182 valence electrons. The summed E-state index contributed by atoms with van der Waals surface area (Å²) >= 11 is 0. The van der Waals surface area contributed by atoms with E-state index in [1.54, 1.807) is 16.4 Å². The Kier molecular flexibility index (Phi) is 7.68. The Labute approximate surface area is 202 Å². The maximum Gasteiger partial charge on any atom is 0.243 e. The second kappa shape index (κ2) is 10.7. The molecule has 0 spiro atoms. The number of fused-ring (bicyclic) bond motifs is 1. The molecule has 1 saturated heterocycles. The predicted octanol–water partition coefficient (Wildman–Crippen LogP) is 3.83. The Balaban J connectivity index is 1.44. The summed E-state index contributed by atoms with van der Waals surface area (Å²) in [4.78, 5) is 17.5. The highest BCUT2D eigenvalue weighted by atomic mass is 32.2. The van der Waals surface area contributed by atoms with Crippen LogP contribution in [-0.2, 0) is 34.2 Å². The number of carbonyl (C=O) groups excluding carboxylic acids is 1. The van der Waals surface area contributed by atoms with E-state index >= 15 is 0 Å². The molecule has 0 unspecified atom stereocenters. The lowest BCUT2D eigenvalue weighted by Gasteiger charge is -2.15. The average molecular weight is 483 g/mol. The van der Waals surface area contributed by atoms with Gasteiger partial charge in [-0.3, -0.25) is 4.79 Å². The van der Waals surface area contributed by atoms with Gasteiger partial charge in [-0.2, -0.15) is 4.31 Å². The smallest absolute Gasteiger partial charge is 0.243 e. The summed E-state index contributed by atoms with van der Waals surface area (Å²) in [7, 11) is -3.49. The average Bonchev–Trinajstić information content (AvgIpc) is 3.48. The van der Waals surface area contributed by atoms with Crippen molar-refractivity contribution in [1.82, 2.24) is 19.2 Å². The van der Waals surface area contributed by atoms with Gasteiger partial charge in [0.05, 0.1) is 15.9 Å². The fourth-order valence-corrected chi connectivity index (χ4v) is 6.14. The summed E-state index contributed by atoms with van der Waals surface area (Å²) in [5.41, 5.74) is 4.06. The molecule has 1 aliphatic heterocycles. The highest BCUT2D eigenvalue weighted by molar-refractivity contribution is 7.89. The van der Waals surface area contributed by atoms with Gasteiger partial charge in [-0.25, -0.2) is 13.4 Å². The summed E-state index contributed by atoms with van der Waals surface area (Å²) in [6.45, 7) is 6.71. The van der Waals surface area contributed by atoms with Crippen molar-refractivity contribution in [3.8, 4) is 0 Å². The molecule has 0 bridgehead atoms. The number of benzene rings is 2. The van der Waals surface area contributed by atoms with Crippen LogP contribution in [0.15, 0.2) is 47.4 Å². The summed E-state index contributed by atoms with van der Waals surface area (Å²) in [6, 6.07) is 13.4. The molecule has 34 heavy (non-hydrogen) atoms. The first-order valence-corrected chi connectivity index (χ1v) is 13.6. The van der Waals surface area contributed by atoms with Crippen LogP contribution in [0.3, 0.4) is 0 Å². The van der Waals surface area contributed by atoms with Gasteiger partial charge in [0.25, 0.3) is 0 Å². The maximum absolute atomic E-state index is 13.0. The Hall–Kier alpha value is -2.71. The summed E-state index contributed by atoms with van der Waals surface area (Å²) in [5, 5.41) is 3.01. The van der Waals surface area contributed by atoms with E-state index in [1.807, 2.05) is 18.2 Å². The first kappa shape index (κ1) is 24.4. The van der Waals surface area contributed by atoms with Crippen LogP contribution in [0.2, 0.25) is 0 Å². The van der Waals surface area contributed by atoms with Crippen molar-refractivity contribution in [2.45, 2.75) is 63.8 Å². The van der Waals surface area contributed by atoms with Gasteiger partial charge in [-0.05, 0) is 61.9 Å². The van der Waals surface area contributed by atoms with Crippen molar-refractivity contribution < 1.29 is 13.2 Å². The minimum Gasteiger partial charge on any atom is -0.356 e. The van der Waals surface area contributed by atoms with Crippen molar-refractivity contribution in [3.05, 3.63) is 59.4 Å². The third kappa shape index (κ3) is 5.33. The number of aryl methyl sites for hydroxylation is 3. The lowest BCUT2D eigenvalue weighted by molar-refractivity contribution is -0.121. The molecular weight excluding hydrogens is 448 g/mol. The molecule has 1 aliphatic rings. The molecule has 2 heterocycles. The van der Waals surface area contributed by atoms with E-state index in [1.165, 1.54) is 11.1 Å². The molecule has 1 aromatic heterocycles. The zero-order valence-electron chi connectivity index (χ0n) is 20.1. The van der Waals surface area contributed by atoms with Crippen LogP contribution in [0.4, 0.5) is 0 Å². The van der Waals surface area contributed by atoms with Crippen LogP contribution in [-0.4, -0.2) is 47.8 Å². The second-order valence-corrected chi connectivity index (χ2v) is 10.9. The molecule has 1 N–H and O–H groups in total. The van der Waals surface area contributed by atoms with E-state index in [2.05, 4.69) is 35.9 Å². The van der Waals surface area contributed by atoms with Crippen molar-refractivity contribution in [1.29, 1.82) is 0 Å². The summed E-state index contributed by atoms with van der Waals surface area (Å²) in [5.74, 6) is 0.822. The van der Waals surface area contributed by atoms with Gasteiger partial charge in [-0.15, -0.1) is 0 Å². The molecule has 8 heteroatoms. The number of imidazole rings is 1. The molecule has 1 fully saturated rings. The molecule has 1 amide bonds. The van der Waals surface area contributed by atoms with Crippen molar-refractivity contribution in [3.63, 3.8) is 0 Å². The van der Waals surface area contributed by atoms with Gasteiger partial charge in [0.2, 0.25) is 15.9 Å². The number of rotatable bonds is 10. The first-order valence-electron chi connectivity index (χ1n) is 12.2. The van der Waals surface area contributed by atoms with Crippen LogP contribution < -0.4 is 5.32 Å². The monoisotopic (exact) mass is 482 g/mol. The number of aromatic nitrogens is 2. The Bertz CT molecular complexity index is 1260. The van der Waals surface area contributed by atoms with E-state index in [0.717, 1.165) is 43.6 Å². The van der Waals surface area contributed by atoms with Crippen LogP contribution in [0.25, 0.3) is 11.0 Å². The number of hydrogen-bond acceptors (Lipinski definition) is 4. The third-order valence-electron chi connectivity index (χ3n) is 6.50. The number of amides is 1. The number of hydrogen-bond donors (Lipinski definition) is 1.